The summed E-state index contributed by atoms with van der Waals surface area (Å²) >= 11 is 0. The van der Waals surface area contributed by atoms with Gasteiger partial charge in [0.2, 0.25) is 0 Å². The van der Waals surface area contributed by atoms with Gasteiger partial charge in [-0.1, -0.05) is 18.2 Å². The minimum absolute atomic E-state index is 0.207. The van der Waals surface area contributed by atoms with Gasteiger partial charge in [-0.2, -0.15) is 0 Å². The van der Waals surface area contributed by atoms with Crippen LogP contribution in [0.4, 0.5) is 11.5 Å². The molecule has 112 valence electrons. The summed E-state index contributed by atoms with van der Waals surface area (Å²) in [6, 6.07) is 15.1. The van der Waals surface area contributed by atoms with Crippen molar-refractivity contribution in [2.45, 2.75) is 12.0 Å². The van der Waals surface area contributed by atoms with Crippen LogP contribution < -0.4 is 10.6 Å². The number of fused-ring (bicyclic) bond motifs is 2. The van der Waals surface area contributed by atoms with Gasteiger partial charge in [-0.15, -0.1) is 0 Å². The lowest BCUT2D eigenvalue weighted by atomic mass is 9.87. The van der Waals surface area contributed by atoms with E-state index in [0.29, 0.717) is 5.92 Å². The zero-order valence-electron chi connectivity index (χ0n) is 12.5. The first-order chi connectivity index (χ1) is 11.4. The van der Waals surface area contributed by atoms with Crippen LogP contribution in [0.1, 0.15) is 23.1 Å². The average molecular weight is 300 g/mol. The van der Waals surface area contributed by atoms with Gasteiger partial charge >= 0.3 is 0 Å². The van der Waals surface area contributed by atoms with E-state index in [9.17, 15) is 0 Å². The average Bonchev–Trinajstić information content (AvgIpc) is 2.98. The Kier molecular flexibility index (Phi) is 2.65. The predicted octanol–water partition coefficient (Wildman–Crippen LogP) is 3.82. The zero-order chi connectivity index (χ0) is 15.2. The highest BCUT2D eigenvalue weighted by atomic mass is 15.1. The first-order valence-corrected chi connectivity index (χ1v) is 7.90. The molecule has 2 aliphatic heterocycles. The quantitative estimate of drug-likeness (QED) is 0.717. The molecule has 2 unspecified atom stereocenters. The summed E-state index contributed by atoms with van der Waals surface area (Å²) in [5, 5.41) is 7.24. The first kappa shape index (κ1) is 12.6. The second kappa shape index (κ2) is 4.81. The highest BCUT2D eigenvalue weighted by molar-refractivity contribution is 5.85. The van der Waals surface area contributed by atoms with Gasteiger partial charge in [0, 0.05) is 47.9 Å². The maximum absolute atomic E-state index is 4.54. The summed E-state index contributed by atoms with van der Waals surface area (Å²) < 4.78 is 0. The molecule has 0 spiro atoms. The van der Waals surface area contributed by atoms with Gasteiger partial charge < -0.3 is 10.6 Å². The molecule has 0 saturated heterocycles. The molecule has 0 fully saturated rings. The maximum Gasteiger partial charge on any atom is 0.130 e. The summed E-state index contributed by atoms with van der Waals surface area (Å²) in [7, 11) is 0. The SMILES string of the molecule is c1ccc2c(c1)NC(c1ccncc1)C1CNc3nccc-2c31. The molecule has 0 aliphatic carbocycles. The molecule has 3 aromatic rings. The van der Waals surface area contributed by atoms with Crippen LogP contribution in [0.15, 0.2) is 61.1 Å². The molecule has 4 nitrogen and oxygen atoms in total. The van der Waals surface area contributed by atoms with E-state index in [0.717, 1.165) is 12.4 Å². The molecule has 0 bridgehead atoms. The fourth-order valence-corrected chi connectivity index (χ4v) is 3.82. The van der Waals surface area contributed by atoms with Crippen molar-refractivity contribution in [3.8, 4) is 11.1 Å². The van der Waals surface area contributed by atoms with Crippen LogP contribution in [0.25, 0.3) is 11.1 Å². The van der Waals surface area contributed by atoms with Crippen LogP contribution >= 0.6 is 0 Å². The van der Waals surface area contributed by atoms with E-state index in [1.165, 1.54) is 27.9 Å². The Bertz CT molecular complexity index is 876. The number of nitrogens with one attached hydrogen (secondary N) is 2. The highest BCUT2D eigenvalue weighted by Gasteiger charge is 2.36. The number of anilines is 2. The molecule has 5 rings (SSSR count). The monoisotopic (exact) mass is 300 g/mol. The predicted molar refractivity (Wildman–Crippen MR) is 91.5 cm³/mol. The Balaban J connectivity index is 1.78. The minimum Gasteiger partial charge on any atom is -0.377 e. The van der Waals surface area contributed by atoms with Gasteiger partial charge in [-0.3, -0.25) is 4.98 Å². The van der Waals surface area contributed by atoms with Gasteiger partial charge in [0.15, 0.2) is 0 Å². The number of aromatic nitrogens is 2. The third kappa shape index (κ3) is 1.84. The van der Waals surface area contributed by atoms with Crippen LogP contribution in [0, 0.1) is 0 Å². The van der Waals surface area contributed by atoms with Crippen molar-refractivity contribution in [1.29, 1.82) is 0 Å². The molecule has 2 N–H and O–H groups in total. The highest BCUT2D eigenvalue weighted by Crippen LogP contribution is 2.49. The van der Waals surface area contributed by atoms with Crippen molar-refractivity contribution < 1.29 is 0 Å². The fraction of sp³-hybridized carbons (Fsp3) is 0.158. The number of rotatable bonds is 1. The van der Waals surface area contributed by atoms with E-state index in [-0.39, 0.29) is 6.04 Å². The van der Waals surface area contributed by atoms with Crippen LogP contribution in [0.3, 0.4) is 0 Å². The molecule has 0 amide bonds. The maximum atomic E-state index is 4.54. The largest absolute Gasteiger partial charge is 0.377 e. The van der Waals surface area contributed by atoms with E-state index < -0.39 is 0 Å². The number of para-hydroxylation sites is 1. The Morgan fingerprint density at radius 2 is 1.78 bits per heavy atom. The van der Waals surface area contributed by atoms with E-state index in [4.69, 9.17) is 0 Å². The van der Waals surface area contributed by atoms with Crippen molar-refractivity contribution in [2.24, 2.45) is 0 Å². The minimum atomic E-state index is 0.207. The number of benzene rings is 1. The van der Waals surface area contributed by atoms with Gasteiger partial charge in [-0.05, 0) is 35.4 Å². The Morgan fingerprint density at radius 3 is 2.70 bits per heavy atom. The topological polar surface area (TPSA) is 49.8 Å². The van der Waals surface area contributed by atoms with Gasteiger partial charge in [0.25, 0.3) is 0 Å². The molecule has 23 heavy (non-hydrogen) atoms. The normalized spacial score (nSPS) is 20.7. The second-order valence-corrected chi connectivity index (χ2v) is 6.06. The molecule has 0 saturated carbocycles. The van der Waals surface area contributed by atoms with Crippen molar-refractivity contribution in [1.82, 2.24) is 9.97 Å². The van der Waals surface area contributed by atoms with Crippen LogP contribution in [-0.4, -0.2) is 16.5 Å². The molecule has 4 heteroatoms. The van der Waals surface area contributed by atoms with Crippen LogP contribution in [0.2, 0.25) is 0 Å². The fourth-order valence-electron chi connectivity index (χ4n) is 3.82. The number of hydrogen-bond acceptors (Lipinski definition) is 4. The zero-order valence-corrected chi connectivity index (χ0v) is 12.5. The van der Waals surface area contributed by atoms with Gasteiger partial charge in [0.05, 0.1) is 6.04 Å². The lowest BCUT2D eigenvalue weighted by Crippen LogP contribution is -2.20. The lowest BCUT2D eigenvalue weighted by molar-refractivity contribution is 0.637. The van der Waals surface area contributed by atoms with Crippen LogP contribution in [-0.2, 0) is 0 Å². The Hall–Kier alpha value is -2.88. The third-order valence-electron chi connectivity index (χ3n) is 4.85. The molecule has 2 aromatic heterocycles. The lowest BCUT2D eigenvalue weighted by Gasteiger charge is -2.24. The van der Waals surface area contributed by atoms with E-state index in [2.05, 4.69) is 63.1 Å². The third-order valence-corrected chi connectivity index (χ3v) is 4.85. The van der Waals surface area contributed by atoms with Gasteiger partial charge in [0.1, 0.15) is 5.82 Å². The summed E-state index contributed by atoms with van der Waals surface area (Å²) in [6.45, 7) is 0.896. The van der Waals surface area contributed by atoms with Gasteiger partial charge in [-0.25, -0.2) is 4.98 Å². The Labute approximate surface area is 134 Å². The van der Waals surface area contributed by atoms with Crippen molar-refractivity contribution in [3.05, 3.63) is 72.2 Å². The molecule has 1 aromatic carbocycles. The summed E-state index contributed by atoms with van der Waals surface area (Å²) in [4.78, 5) is 8.70. The van der Waals surface area contributed by atoms with Crippen molar-refractivity contribution in [3.63, 3.8) is 0 Å². The summed E-state index contributed by atoms with van der Waals surface area (Å²) in [5.74, 6) is 1.37. The van der Waals surface area contributed by atoms with Crippen molar-refractivity contribution in [2.75, 3.05) is 17.2 Å². The number of pyridine rings is 2. The summed E-state index contributed by atoms with van der Waals surface area (Å²) in [6.07, 6.45) is 5.62. The van der Waals surface area contributed by atoms with E-state index in [1.54, 1.807) is 0 Å². The van der Waals surface area contributed by atoms with Crippen LogP contribution in [0.5, 0.6) is 0 Å². The standard InChI is InChI=1S/C19H16N4/c1-2-4-16-13(3-1)14-7-10-21-19-17(14)15(11-22-19)18(23-16)12-5-8-20-9-6-12/h1-10,15,18,23H,11H2,(H,21,22). The Morgan fingerprint density at radius 1 is 0.913 bits per heavy atom. The molecule has 2 atom stereocenters. The number of nitrogens with zero attached hydrogens (tertiary/aromatic N) is 2. The second-order valence-electron chi connectivity index (χ2n) is 6.06. The molecule has 4 heterocycles. The number of hydrogen-bond donors (Lipinski definition) is 2. The van der Waals surface area contributed by atoms with E-state index >= 15 is 0 Å². The summed E-state index contributed by atoms with van der Waals surface area (Å²) in [5.41, 5.74) is 6.29. The molecular formula is C19H16N4. The first-order valence-electron chi connectivity index (χ1n) is 7.90. The smallest absolute Gasteiger partial charge is 0.130 e. The molecular weight excluding hydrogens is 284 g/mol. The molecule has 2 aliphatic rings. The van der Waals surface area contributed by atoms with E-state index in [1.807, 2.05) is 18.6 Å². The van der Waals surface area contributed by atoms with Crippen molar-refractivity contribution >= 4 is 11.5 Å². The molecule has 0 radical (unpaired) electrons.